The molecule has 3 fully saturated rings. The van der Waals surface area contributed by atoms with Crippen LogP contribution < -0.4 is 5.32 Å². The largest absolute Gasteiger partial charge is 0.352 e. The van der Waals surface area contributed by atoms with Crippen LogP contribution in [0, 0.1) is 41.4 Å². The highest BCUT2D eigenvalue weighted by atomic mass is 16.1. The van der Waals surface area contributed by atoms with E-state index in [4.69, 9.17) is 0 Å². The second-order valence-electron chi connectivity index (χ2n) is 11.7. The van der Waals surface area contributed by atoms with Gasteiger partial charge in [-0.2, -0.15) is 0 Å². The zero-order valence-corrected chi connectivity index (χ0v) is 20.3. The molecule has 1 unspecified atom stereocenters. The molecule has 3 aliphatic carbocycles. The number of nitrogens with one attached hydrogen (secondary N) is 1. The number of carbonyl (C=O) groups is 1. The zero-order valence-electron chi connectivity index (χ0n) is 20.3. The molecule has 174 valence electrons. The highest BCUT2D eigenvalue weighted by Crippen LogP contribution is 2.67. The lowest BCUT2D eigenvalue weighted by Gasteiger charge is -2.59. The van der Waals surface area contributed by atoms with E-state index in [1.54, 1.807) is 0 Å². The number of hydrogen-bond donors (Lipinski definition) is 1. The molecule has 33 heavy (non-hydrogen) atoms. The van der Waals surface area contributed by atoms with Gasteiger partial charge in [-0.3, -0.25) is 4.79 Å². The fraction of sp³-hybridized carbons (Fsp3) is 0.586. The second-order valence-corrected chi connectivity index (χ2v) is 11.7. The molecule has 1 aromatic heterocycles. The summed E-state index contributed by atoms with van der Waals surface area (Å²) in [6.45, 7) is 7.68. The van der Waals surface area contributed by atoms with Crippen LogP contribution in [0.3, 0.4) is 0 Å². The number of nitrogens with zero attached hydrogens (tertiary/aromatic N) is 2. The van der Waals surface area contributed by atoms with E-state index in [0.29, 0.717) is 24.4 Å². The van der Waals surface area contributed by atoms with Gasteiger partial charge in [0.15, 0.2) is 0 Å². The standard InChI is InChI=1S/C29H37N3O/c1-19-4-6-20(7-5-19)18-31-27(33)24-10-9-22-21-8-11-25-29(3,23(21)12-14-28(22,24)2)15-13-26-30-16-17-32(25)26/h4-7,13,15-17,21-25H,8-12,14,18H2,1-3H3,(H,31,33)/t21-,22-,23-,24+,25?,28-,29+/m0/s1. The Morgan fingerprint density at radius 3 is 2.73 bits per heavy atom. The smallest absolute Gasteiger partial charge is 0.223 e. The van der Waals surface area contributed by atoms with Gasteiger partial charge in [0.25, 0.3) is 0 Å². The topological polar surface area (TPSA) is 46.9 Å². The zero-order chi connectivity index (χ0) is 22.8. The summed E-state index contributed by atoms with van der Waals surface area (Å²) in [6.07, 6.45) is 16.0. The number of fused-ring (bicyclic) bond motifs is 7. The molecule has 0 saturated heterocycles. The summed E-state index contributed by atoms with van der Waals surface area (Å²) in [5.41, 5.74) is 2.78. The van der Waals surface area contributed by atoms with Crippen molar-refractivity contribution in [3.05, 3.63) is 59.7 Å². The van der Waals surface area contributed by atoms with Crippen LogP contribution in [0.25, 0.3) is 6.08 Å². The Balaban J connectivity index is 1.19. The molecule has 1 aromatic carbocycles. The number of imidazole rings is 1. The van der Waals surface area contributed by atoms with Crippen LogP contribution in [0.5, 0.6) is 0 Å². The van der Waals surface area contributed by atoms with Crippen molar-refractivity contribution in [1.29, 1.82) is 0 Å². The van der Waals surface area contributed by atoms with Crippen molar-refractivity contribution in [3.63, 3.8) is 0 Å². The summed E-state index contributed by atoms with van der Waals surface area (Å²) >= 11 is 0. The molecular formula is C29H37N3O. The molecule has 1 amide bonds. The van der Waals surface area contributed by atoms with Gasteiger partial charge in [0.1, 0.15) is 5.82 Å². The minimum atomic E-state index is 0.139. The Bertz CT molecular complexity index is 1080. The molecule has 1 N–H and O–H groups in total. The first-order valence-corrected chi connectivity index (χ1v) is 13.0. The van der Waals surface area contributed by atoms with Crippen LogP contribution in [0.2, 0.25) is 0 Å². The quantitative estimate of drug-likeness (QED) is 0.639. The Labute approximate surface area is 197 Å². The summed E-state index contributed by atoms with van der Waals surface area (Å²) in [6, 6.07) is 9.03. The van der Waals surface area contributed by atoms with Gasteiger partial charge >= 0.3 is 0 Å². The second kappa shape index (κ2) is 7.58. The van der Waals surface area contributed by atoms with Crippen LogP contribution in [-0.4, -0.2) is 15.5 Å². The van der Waals surface area contributed by atoms with E-state index in [-0.39, 0.29) is 22.7 Å². The molecule has 0 spiro atoms. The van der Waals surface area contributed by atoms with Gasteiger partial charge < -0.3 is 9.88 Å². The van der Waals surface area contributed by atoms with Gasteiger partial charge in [-0.25, -0.2) is 4.98 Å². The number of amides is 1. The lowest BCUT2D eigenvalue weighted by atomic mass is 9.48. The molecule has 4 aliphatic rings. The first-order chi connectivity index (χ1) is 15.9. The normalized spacial score (nSPS) is 38.7. The number of aryl methyl sites for hydroxylation is 1. The van der Waals surface area contributed by atoms with Gasteiger partial charge in [0, 0.05) is 36.3 Å². The average molecular weight is 444 g/mol. The van der Waals surface area contributed by atoms with E-state index in [1.165, 1.54) is 43.2 Å². The van der Waals surface area contributed by atoms with Crippen LogP contribution in [-0.2, 0) is 11.3 Å². The van der Waals surface area contributed by atoms with Gasteiger partial charge in [-0.1, -0.05) is 49.8 Å². The minimum absolute atomic E-state index is 0.139. The van der Waals surface area contributed by atoms with Crippen molar-refractivity contribution in [2.75, 3.05) is 0 Å². The molecular weight excluding hydrogens is 406 g/mol. The average Bonchev–Trinajstić information content (AvgIpc) is 3.42. The molecule has 4 heteroatoms. The third kappa shape index (κ3) is 3.16. The summed E-state index contributed by atoms with van der Waals surface area (Å²) in [7, 11) is 0. The lowest BCUT2D eigenvalue weighted by molar-refractivity contribution is -0.133. The number of aromatic nitrogens is 2. The first-order valence-electron chi connectivity index (χ1n) is 13.0. The van der Waals surface area contributed by atoms with E-state index < -0.39 is 0 Å². The highest BCUT2D eigenvalue weighted by molar-refractivity contribution is 5.80. The number of carbonyl (C=O) groups excluding carboxylic acids is 1. The summed E-state index contributed by atoms with van der Waals surface area (Å²) in [5.74, 6) is 3.65. The molecule has 0 bridgehead atoms. The minimum Gasteiger partial charge on any atom is -0.352 e. The van der Waals surface area contributed by atoms with Gasteiger partial charge in [0.2, 0.25) is 5.91 Å². The number of rotatable bonds is 3. The molecule has 3 saturated carbocycles. The lowest BCUT2D eigenvalue weighted by Crippen LogP contribution is -2.53. The summed E-state index contributed by atoms with van der Waals surface area (Å²) in [4.78, 5) is 17.9. The highest BCUT2D eigenvalue weighted by Gasteiger charge is 2.61. The van der Waals surface area contributed by atoms with Crippen molar-refractivity contribution in [2.45, 2.75) is 71.9 Å². The fourth-order valence-corrected chi connectivity index (χ4v) is 8.46. The fourth-order valence-electron chi connectivity index (χ4n) is 8.46. The van der Waals surface area contributed by atoms with Crippen LogP contribution >= 0.6 is 0 Å². The van der Waals surface area contributed by atoms with Gasteiger partial charge in [-0.05, 0) is 80.3 Å². The molecule has 1 aliphatic heterocycles. The Hall–Kier alpha value is -2.36. The number of benzene rings is 1. The van der Waals surface area contributed by atoms with Gasteiger partial charge in [-0.15, -0.1) is 0 Å². The maximum Gasteiger partial charge on any atom is 0.223 e. The predicted molar refractivity (Wildman–Crippen MR) is 131 cm³/mol. The van der Waals surface area contributed by atoms with Crippen molar-refractivity contribution in [2.24, 2.45) is 34.5 Å². The molecule has 2 aromatic rings. The molecule has 6 rings (SSSR count). The van der Waals surface area contributed by atoms with Crippen molar-refractivity contribution in [1.82, 2.24) is 14.9 Å². The number of hydrogen-bond acceptors (Lipinski definition) is 2. The Kier molecular flexibility index (Phi) is 4.87. The maximum atomic E-state index is 13.4. The molecule has 4 nitrogen and oxygen atoms in total. The first kappa shape index (κ1) is 21.2. The van der Waals surface area contributed by atoms with E-state index in [2.05, 4.69) is 78.3 Å². The predicted octanol–water partition coefficient (Wildman–Crippen LogP) is 5.93. The molecule has 0 radical (unpaired) electrons. The summed E-state index contributed by atoms with van der Waals surface area (Å²) < 4.78 is 2.43. The van der Waals surface area contributed by atoms with Gasteiger partial charge in [0.05, 0.1) is 0 Å². The summed E-state index contributed by atoms with van der Waals surface area (Å²) in [5, 5.41) is 3.29. The van der Waals surface area contributed by atoms with E-state index in [1.807, 2.05) is 6.20 Å². The van der Waals surface area contributed by atoms with E-state index in [9.17, 15) is 4.79 Å². The Morgan fingerprint density at radius 1 is 1.09 bits per heavy atom. The number of allylic oxidation sites excluding steroid dienone is 1. The van der Waals surface area contributed by atoms with E-state index >= 15 is 0 Å². The molecule has 7 atom stereocenters. The SMILES string of the molecule is Cc1ccc(CNC(=O)[C@H]2CC[C@H]3[C@@H]4CCC5n6ccnc6C=C[C@]5(C)[C@H]4CC[C@]23C)cc1. The van der Waals surface area contributed by atoms with Crippen molar-refractivity contribution < 1.29 is 4.79 Å². The Morgan fingerprint density at radius 2 is 1.91 bits per heavy atom. The van der Waals surface area contributed by atoms with Crippen LogP contribution in [0.4, 0.5) is 0 Å². The van der Waals surface area contributed by atoms with Crippen molar-refractivity contribution >= 4 is 12.0 Å². The maximum absolute atomic E-state index is 13.4. The van der Waals surface area contributed by atoms with Crippen LogP contribution in [0.1, 0.15) is 75.4 Å². The molecule has 2 heterocycles. The third-order valence-electron chi connectivity index (χ3n) is 10.3. The third-order valence-corrected chi connectivity index (χ3v) is 10.3. The van der Waals surface area contributed by atoms with Crippen molar-refractivity contribution in [3.8, 4) is 0 Å². The van der Waals surface area contributed by atoms with Crippen LogP contribution in [0.15, 0.2) is 42.7 Å². The monoisotopic (exact) mass is 443 g/mol. The van der Waals surface area contributed by atoms with E-state index in [0.717, 1.165) is 18.2 Å².